The highest BCUT2D eigenvalue weighted by molar-refractivity contribution is 5.94. The van der Waals surface area contributed by atoms with Crippen LogP contribution in [-0.4, -0.2) is 15.7 Å². The van der Waals surface area contributed by atoms with Gasteiger partial charge in [-0.1, -0.05) is 42.0 Å². The average Bonchev–Trinajstić information content (AvgIpc) is 3.26. The zero-order chi connectivity index (χ0) is 17.2. The van der Waals surface area contributed by atoms with Gasteiger partial charge in [-0.15, -0.1) is 0 Å². The van der Waals surface area contributed by atoms with Crippen molar-refractivity contribution < 1.29 is 9.21 Å². The normalized spacial score (nSPS) is 17.2. The topological polar surface area (TPSA) is 60.1 Å². The highest BCUT2D eigenvalue weighted by Crippen LogP contribution is 2.37. The third-order valence-electron chi connectivity index (χ3n) is 4.52. The Labute approximate surface area is 146 Å². The van der Waals surface area contributed by atoms with E-state index < -0.39 is 0 Å². The third kappa shape index (κ3) is 3.13. The van der Waals surface area contributed by atoms with Crippen LogP contribution in [0.2, 0.25) is 0 Å². The minimum absolute atomic E-state index is 0.0134. The lowest BCUT2D eigenvalue weighted by Crippen LogP contribution is -2.25. The van der Waals surface area contributed by atoms with Crippen molar-refractivity contribution in [3.63, 3.8) is 0 Å². The molecule has 1 aromatic carbocycles. The number of allylic oxidation sites excluding steroid dienone is 1. The number of nitrogens with one attached hydrogen (secondary N) is 1. The molecule has 2 aromatic heterocycles. The van der Waals surface area contributed by atoms with E-state index in [1.807, 2.05) is 36.5 Å². The second kappa shape index (κ2) is 6.43. The van der Waals surface area contributed by atoms with Gasteiger partial charge in [-0.3, -0.25) is 4.79 Å². The van der Waals surface area contributed by atoms with E-state index in [2.05, 4.69) is 35.5 Å². The Kier molecular flexibility index (Phi) is 3.98. The van der Waals surface area contributed by atoms with E-state index >= 15 is 0 Å². The van der Waals surface area contributed by atoms with Gasteiger partial charge in [0.15, 0.2) is 0 Å². The molecule has 0 saturated heterocycles. The summed E-state index contributed by atoms with van der Waals surface area (Å²) in [5, 5.41) is 7.42. The number of hydrogen-bond donors (Lipinski definition) is 1. The molecule has 1 amide bonds. The molecule has 0 aliphatic carbocycles. The molecule has 0 fully saturated rings. The van der Waals surface area contributed by atoms with Gasteiger partial charge in [-0.25, -0.2) is 4.68 Å². The van der Waals surface area contributed by atoms with Crippen molar-refractivity contribution in [1.82, 2.24) is 9.78 Å². The maximum absolute atomic E-state index is 12.2. The van der Waals surface area contributed by atoms with E-state index in [9.17, 15) is 4.79 Å². The van der Waals surface area contributed by atoms with Crippen LogP contribution in [-0.2, 0) is 11.3 Å². The van der Waals surface area contributed by atoms with Crippen LogP contribution in [0.5, 0.6) is 0 Å². The van der Waals surface area contributed by atoms with Gasteiger partial charge in [0.2, 0.25) is 5.91 Å². The fraction of sp³-hybridized carbons (Fsp3) is 0.200. The summed E-state index contributed by atoms with van der Waals surface area (Å²) in [4.78, 5) is 12.2. The fourth-order valence-electron chi connectivity index (χ4n) is 3.26. The molecule has 0 radical (unpaired) electrons. The molecule has 1 aliphatic rings. The Hall–Kier alpha value is -3.08. The second-order valence-electron chi connectivity index (χ2n) is 6.29. The minimum Gasteiger partial charge on any atom is -0.467 e. The highest BCUT2D eigenvalue weighted by atomic mass is 16.3. The predicted octanol–water partition coefficient (Wildman–Crippen LogP) is 4.05. The molecule has 1 N–H and O–H groups in total. The van der Waals surface area contributed by atoms with Crippen LogP contribution in [0.25, 0.3) is 6.08 Å². The molecular weight excluding hydrogens is 314 g/mol. The summed E-state index contributed by atoms with van der Waals surface area (Å²) in [5.41, 5.74) is 3.34. The largest absolute Gasteiger partial charge is 0.467 e. The maximum Gasteiger partial charge on any atom is 0.226 e. The maximum atomic E-state index is 12.2. The van der Waals surface area contributed by atoms with Crippen molar-refractivity contribution in [3.8, 4) is 0 Å². The number of nitrogens with zero attached hydrogens (tertiary/aromatic N) is 2. The average molecular weight is 333 g/mol. The molecule has 1 unspecified atom stereocenters. The Morgan fingerprint density at radius 3 is 2.92 bits per heavy atom. The number of rotatable bonds is 4. The summed E-state index contributed by atoms with van der Waals surface area (Å²) < 4.78 is 7.18. The molecule has 0 saturated carbocycles. The number of carbonyl (C=O) groups excluding carboxylic acids is 1. The first-order valence-corrected chi connectivity index (χ1v) is 8.32. The van der Waals surface area contributed by atoms with Gasteiger partial charge >= 0.3 is 0 Å². The fourth-order valence-corrected chi connectivity index (χ4v) is 3.26. The summed E-state index contributed by atoms with van der Waals surface area (Å²) in [6.07, 6.45) is 6.07. The van der Waals surface area contributed by atoms with Crippen LogP contribution in [0, 0.1) is 0 Å². The molecule has 5 heteroatoms. The van der Waals surface area contributed by atoms with Crippen LogP contribution < -0.4 is 5.32 Å². The summed E-state index contributed by atoms with van der Waals surface area (Å²) in [5.74, 6) is 1.62. The summed E-state index contributed by atoms with van der Waals surface area (Å²) in [6.45, 7) is 2.57. The lowest BCUT2D eigenvalue weighted by molar-refractivity contribution is -0.116. The molecule has 1 aliphatic heterocycles. The molecule has 4 rings (SSSR count). The number of aromatic nitrogens is 2. The van der Waals surface area contributed by atoms with Crippen molar-refractivity contribution in [3.05, 3.63) is 77.4 Å². The molecule has 0 spiro atoms. The molecule has 126 valence electrons. The van der Waals surface area contributed by atoms with Crippen LogP contribution >= 0.6 is 0 Å². The highest BCUT2D eigenvalue weighted by Gasteiger charge is 2.29. The summed E-state index contributed by atoms with van der Waals surface area (Å²) in [6, 6.07) is 13.9. The molecule has 0 bridgehead atoms. The van der Waals surface area contributed by atoms with Crippen LogP contribution in [0.15, 0.2) is 64.9 Å². The van der Waals surface area contributed by atoms with Crippen molar-refractivity contribution in [1.29, 1.82) is 0 Å². The lowest BCUT2D eigenvalue weighted by Gasteiger charge is -2.24. The predicted molar refractivity (Wildman–Crippen MR) is 96.1 cm³/mol. The minimum atomic E-state index is 0.0134. The van der Waals surface area contributed by atoms with Crippen molar-refractivity contribution in [2.24, 2.45) is 0 Å². The third-order valence-corrected chi connectivity index (χ3v) is 4.52. The zero-order valence-corrected chi connectivity index (χ0v) is 14.0. The number of benzene rings is 1. The van der Waals surface area contributed by atoms with Crippen LogP contribution in [0.1, 0.15) is 36.1 Å². The van der Waals surface area contributed by atoms with E-state index in [-0.39, 0.29) is 11.8 Å². The van der Waals surface area contributed by atoms with E-state index in [1.54, 1.807) is 10.9 Å². The SMILES string of the molecule is C/C(=C\c1ccccc1)C1CC(=O)Nc2c1cnn2Cc1ccco1. The molecule has 25 heavy (non-hydrogen) atoms. The molecule has 1 atom stereocenters. The van der Waals surface area contributed by atoms with Gasteiger partial charge < -0.3 is 9.73 Å². The van der Waals surface area contributed by atoms with E-state index in [4.69, 9.17) is 4.42 Å². The van der Waals surface area contributed by atoms with Crippen LogP contribution in [0.4, 0.5) is 5.82 Å². The summed E-state index contributed by atoms with van der Waals surface area (Å²) in [7, 11) is 0. The lowest BCUT2D eigenvalue weighted by atomic mass is 9.87. The number of anilines is 1. The van der Waals surface area contributed by atoms with E-state index in [1.165, 1.54) is 0 Å². The monoisotopic (exact) mass is 333 g/mol. The zero-order valence-electron chi connectivity index (χ0n) is 14.0. The van der Waals surface area contributed by atoms with Gasteiger partial charge in [0.25, 0.3) is 0 Å². The smallest absolute Gasteiger partial charge is 0.226 e. The molecule has 3 heterocycles. The quantitative estimate of drug-likeness (QED) is 0.783. The number of amides is 1. The van der Waals surface area contributed by atoms with E-state index in [0.717, 1.165) is 28.3 Å². The Morgan fingerprint density at radius 1 is 1.32 bits per heavy atom. The Morgan fingerprint density at radius 2 is 2.16 bits per heavy atom. The van der Waals surface area contributed by atoms with Gasteiger partial charge in [0.1, 0.15) is 18.1 Å². The Bertz CT molecular complexity index is 908. The van der Waals surface area contributed by atoms with Crippen molar-refractivity contribution in [2.45, 2.75) is 25.8 Å². The van der Waals surface area contributed by atoms with Crippen molar-refractivity contribution >= 4 is 17.8 Å². The van der Waals surface area contributed by atoms with E-state index in [0.29, 0.717) is 13.0 Å². The number of carbonyl (C=O) groups is 1. The molecule has 3 aromatic rings. The molecular formula is C20H19N3O2. The first kappa shape index (κ1) is 15.4. The standard InChI is InChI=1S/C20H19N3O2/c1-14(10-15-6-3-2-4-7-15)17-11-19(24)22-20-18(17)12-21-23(20)13-16-8-5-9-25-16/h2-10,12,17H,11,13H2,1H3,(H,22,24)/b14-10+. The second-order valence-corrected chi connectivity index (χ2v) is 6.29. The Balaban J connectivity index is 1.67. The number of hydrogen-bond acceptors (Lipinski definition) is 3. The van der Waals surface area contributed by atoms with Gasteiger partial charge in [0, 0.05) is 17.9 Å². The first-order chi connectivity index (χ1) is 12.2. The van der Waals surface area contributed by atoms with Gasteiger partial charge in [-0.05, 0) is 24.6 Å². The van der Waals surface area contributed by atoms with Crippen molar-refractivity contribution in [2.75, 3.05) is 5.32 Å². The van der Waals surface area contributed by atoms with Gasteiger partial charge in [-0.2, -0.15) is 5.10 Å². The number of furan rings is 1. The molecule has 5 nitrogen and oxygen atoms in total. The van der Waals surface area contributed by atoms with Crippen LogP contribution in [0.3, 0.4) is 0 Å². The first-order valence-electron chi connectivity index (χ1n) is 8.32. The number of fused-ring (bicyclic) bond motifs is 1. The van der Waals surface area contributed by atoms with Gasteiger partial charge in [0.05, 0.1) is 12.5 Å². The summed E-state index contributed by atoms with van der Waals surface area (Å²) >= 11 is 0.